The van der Waals surface area contributed by atoms with E-state index in [2.05, 4.69) is 12.2 Å². The summed E-state index contributed by atoms with van der Waals surface area (Å²) < 4.78 is 4.87. The van der Waals surface area contributed by atoms with Gasteiger partial charge in [-0.15, -0.1) is 0 Å². The maximum atomic E-state index is 11.7. The molecular formula is C13H27NO2. The first kappa shape index (κ1) is 15.4. The van der Waals surface area contributed by atoms with Crippen LogP contribution in [0, 0.1) is 0 Å². The molecule has 0 spiro atoms. The van der Waals surface area contributed by atoms with Gasteiger partial charge in [0.1, 0.15) is 5.54 Å². The first-order valence-electron chi connectivity index (χ1n) is 6.32. The quantitative estimate of drug-likeness (QED) is 0.514. The summed E-state index contributed by atoms with van der Waals surface area (Å²) in [6.45, 7) is 8.22. The standard InChI is InChI=1S/C13H27NO2/c1-6-7-8-9-10-13(4,12(15)16-5)14-11(2)3/h11,14H,6-10H2,1-5H3. The van der Waals surface area contributed by atoms with Crippen LogP contribution in [-0.4, -0.2) is 24.7 Å². The Labute approximate surface area is 99.9 Å². The Morgan fingerprint density at radius 2 is 1.94 bits per heavy atom. The summed E-state index contributed by atoms with van der Waals surface area (Å²) in [5, 5.41) is 3.31. The molecule has 0 aliphatic carbocycles. The number of carbonyl (C=O) groups excluding carboxylic acids is 1. The van der Waals surface area contributed by atoms with Gasteiger partial charge in [0.05, 0.1) is 7.11 Å². The van der Waals surface area contributed by atoms with E-state index < -0.39 is 5.54 Å². The fourth-order valence-electron chi connectivity index (χ4n) is 2.00. The maximum Gasteiger partial charge on any atom is 0.325 e. The number of nitrogens with one attached hydrogen (secondary N) is 1. The molecule has 96 valence electrons. The Bertz CT molecular complexity index is 204. The van der Waals surface area contributed by atoms with Crippen LogP contribution < -0.4 is 5.32 Å². The number of carbonyl (C=O) groups is 1. The fraction of sp³-hybridized carbons (Fsp3) is 0.923. The number of methoxy groups -OCH3 is 1. The maximum absolute atomic E-state index is 11.7. The third-order valence-corrected chi connectivity index (χ3v) is 2.77. The van der Waals surface area contributed by atoms with Crippen molar-refractivity contribution in [1.82, 2.24) is 5.32 Å². The number of rotatable bonds is 8. The summed E-state index contributed by atoms with van der Waals surface area (Å²) in [4.78, 5) is 11.7. The summed E-state index contributed by atoms with van der Waals surface area (Å²) >= 11 is 0. The van der Waals surface area contributed by atoms with Crippen molar-refractivity contribution in [2.45, 2.75) is 71.4 Å². The lowest BCUT2D eigenvalue weighted by atomic mass is 9.93. The van der Waals surface area contributed by atoms with Crippen molar-refractivity contribution in [3.8, 4) is 0 Å². The van der Waals surface area contributed by atoms with E-state index in [4.69, 9.17) is 4.74 Å². The lowest BCUT2D eigenvalue weighted by molar-refractivity contribution is -0.148. The highest BCUT2D eigenvalue weighted by Gasteiger charge is 2.33. The lowest BCUT2D eigenvalue weighted by Crippen LogP contribution is -2.52. The third-order valence-electron chi connectivity index (χ3n) is 2.77. The Morgan fingerprint density at radius 3 is 2.38 bits per heavy atom. The van der Waals surface area contributed by atoms with E-state index in [9.17, 15) is 4.79 Å². The highest BCUT2D eigenvalue weighted by Crippen LogP contribution is 2.18. The van der Waals surface area contributed by atoms with E-state index in [1.807, 2.05) is 20.8 Å². The van der Waals surface area contributed by atoms with Crippen molar-refractivity contribution >= 4 is 5.97 Å². The van der Waals surface area contributed by atoms with Gasteiger partial charge in [-0.05, 0) is 27.2 Å². The minimum Gasteiger partial charge on any atom is -0.468 e. The third kappa shape index (κ3) is 5.50. The van der Waals surface area contributed by atoms with Gasteiger partial charge in [0, 0.05) is 6.04 Å². The summed E-state index contributed by atoms with van der Waals surface area (Å²) in [7, 11) is 1.45. The predicted molar refractivity (Wildman–Crippen MR) is 67.5 cm³/mol. The zero-order valence-corrected chi connectivity index (χ0v) is 11.4. The molecule has 1 N–H and O–H groups in total. The van der Waals surface area contributed by atoms with E-state index in [-0.39, 0.29) is 12.0 Å². The van der Waals surface area contributed by atoms with Crippen LogP contribution in [0.2, 0.25) is 0 Å². The topological polar surface area (TPSA) is 38.3 Å². The van der Waals surface area contributed by atoms with Gasteiger partial charge < -0.3 is 4.74 Å². The van der Waals surface area contributed by atoms with Crippen LogP contribution >= 0.6 is 0 Å². The molecule has 0 radical (unpaired) electrons. The average Bonchev–Trinajstić information content (AvgIpc) is 2.22. The summed E-state index contributed by atoms with van der Waals surface area (Å²) in [5.74, 6) is -0.155. The van der Waals surface area contributed by atoms with Crippen LogP contribution in [0.5, 0.6) is 0 Å². The SMILES string of the molecule is CCCCCCC(C)(NC(C)C)C(=O)OC. The number of unbranched alkanes of at least 4 members (excludes halogenated alkanes) is 3. The molecule has 0 saturated heterocycles. The van der Waals surface area contributed by atoms with Gasteiger partial charge in [0.25, 0.3) is 0 Å². The Morgan fingerprint density at radius 1 is 1.31 bits per heavy atom. The van der Waals surface area contributed by atoms with Crippen molar-refractivity contribution in [2.75, 3.05) is 7.11 Å². The Balaban J connectivity index is 4.25. The molecule has 16 heavy (non-hydrogen) atoms. The molecule has 0 aliphatic heterocycles. The van der Waals surface area contributed by atoms with Crippen LogP contribution in [-0.2, 0) is 9.53 Å². The number of hydrogen-bond acceptors (Lipinski definition) is 3. The second kappa shape index (κ2) is 7.66. The summed E-state index contributed by atoms with van der Waals surface area (Å²) in [6.07, 6.45) is 5.55. The monoisotopic (exact) mass is 229 g/mol. The molecule has 1 unspecified atom stereocenters. The molecule has 0 aliphatic rings. The molecule has 0 aromatic heterocycles. The minimum atomic E-state index is -0.531. The average molecular weight is 229 g/mol. The van der Waals surface area contributed by atoms with E-state index in [1.165, 1.54) is 26.4 Å². The Kier molecular flexibility index (Phi) is 7.39. The van der Waals surface area contributed by atoms with Crippen molar-refractivity contribution in [2.24, 2.45) is 0 Å². The normalized spacial score (nSPS) is 14.9. The molecule has 3 heteroatoms. The lowest BCUT2D eigenvalue weighted by Gasteiger charge is -2.30. The van der Waals surface area contributed by atoms with Crippen LogP contribution in [0.25, 0.3) is 0 Å². The predicted octanol–water partition coefficient (Wildman–Crippen LogP) is 2.89. The van der Waals surface area contributed by atoms with Crippen LogP contribution in [0.1, 0.15) is 59.8 Å². The van der Waals surface area contributed by atoms with Gasteiger partial charge in [-0.3, -0.25) is 10.1 Å². The van der Waals surface area contributed by atoms with Gasteiger partial charge >= 0.3 is 5.97 Å². The van der Waals surface area contributed by atoms with Gasteiger partial charge in [-0.25, -0.2) is 0 Å². The van der Waals surface area contributed by atoms with Crippen LogP contribution in [0.3, 0.4) is 0 Å². The van der Waals surface area contributed by atoms with Gasteiger partial charge in [0.15, 0.2) is 0 Å². The largest absolute Gasteiger partial charge is 0.468 e. The van der Waals surface area contributed by atoms with E-state index >= 15 is 0 Å². The van der Waals surface area contributed by atoms with Crippen molar-refractivity contribution in [3.05, 3.63) is 0 Å². The zero-order chi connectivity index (χ0) is 12.6. The molecule has 0 aromatic rings. The Hall–Kier alpha value is -0.570. The second-order valence-corrected chi connectivity index (χ2v) is 4.93. The van der Waals surface area contributed by atoms with Crippen molar-refractivity contribution < 1.29 is 9.53 Å². The molecule has 0 fully saturated rings. The van der Waals surface area contributed by atoms with Gasteiger partial charge in [0.2, 0.25) is 0 Å². The summed E-state index contributed by atoms with van der Waals surface area (Å²) in [6, 6.07) is 0.287. The van der Waals surface area contributed by atoms with E-state index in [0.29, 0.717) is 0 Å². The van der Waals surface area contributed by atoms with E-state index in [1.54, 1.807) is 0 Å². The minimum absolute atomic E-state index is 0.155. The second-order valence-electron chi connectivity index (χ2n) is 4.93. The van der Waals surface area contributed by atoms with Crippen LogP contribution in [0.4, 0.5) is 0 Å². The first-order valence-corrected chi connectivity index (χ1v) is 6.32. The van der Waals surface area contributed by atoms with Crippen LogP contribution in [0.15, 0.2) is 0 Å². The fourth-order valence-corrected chi connectivity index (χ4v) is 2.00. The van der Waals surface area contributed by atoms with Gasteiger partial charge in [-0.2, -0.15) is 0 Å². The van der Waals surface area contributed by atoms with Gasteiger partial charge in [-0.1, -0.05) is 32.6 Å². The van der Waals surface area contributed by atoms with Crippen molar-refractivity contribution in [3.63, 3.8) is 0 Å². The molecule has 0 rings (SSSR count). The number of ether oxygens (including phenoxy) is 1. The molecule has 0 aromatic carbocycles. The highest BCUT2D eigenvalue weighted by atomic mass is 16.5. The molecule has 0 amide bonds. The van der Waals surface area contributed by atoms with Crippen molar-refractivity contribution in [1.29, 1.82) is 0 Å². The number of esters is 1. The molecular weight excluding hydrogens is 202 g/mol. The first-order chi connectivity index (χ1) is 7.46. The van der Waals surface area contributed by atoms with E-state index in [0.717, 1.165) is 12.8 Å². The molecule has 0 bridgehead atoms. The smallest absolute Gasteiger partial charge is 0.325 e. The summed E-state index contributed by atoms with van der Waals surface area (Å²) in [5.41, 5.74) is -0.531. The molecule has 0 heterocycles. The molecule has 1 atom stereocenters. The highest BCUT2D eigenvalue weighted by molar-refractivity contribution is 5.80. The molecule has 3 nitrogen and oxygen atoms in total. The zero-order valence-electron chi connectivity index (χ0n) is 11.4. The molecule has 0 saturated carbocycles. The number of hydrogen-bond donors (Lipinski definition) is 1.